The Bertz CT molecular complexity index is 994. The first-order valence-electron chi connectivity index (χ1n) is 9.60. The minimum atomic E-state index is -1.36. The van der Waals surface area contributed by atoms with Crippen LogP contribution < -0.4 is 11.1 Å². The number of carbonyl (C=O) groups excluding carboxylic acids is 1. The Labute approximate surface area is 167 Å². The predicted molar refractivity (Wildman–Crippen MR) is 108 cm³/mol. The van der Waals surface area contributed by atoms with Gasteiger partial charge >= 0.3 is 0 Å². The Morgan fingerprint density at radius 2 is 1.86 bits per heavy atom. The summed E-state index contributed by atoms with van der Waals surface area (Å²) in [5, 5.41) is 8.64. The standard InChI is InChI=1S/C21H23F2N5O/c22-18-12-27(13-19(18)23)9-8-25-10-14-4-6-16(7-5-14)28-11-15-2-1-3-17(21(24)29)20(15)26-28/h1-7,11,18-19,25H,8-10,12-13H2,(H2,24,29). The van der Waals surface area contributed by atoms with E-state index in [2.05, 4.69) is 10.4 Å². The summed E-state index contributed by atoms with van der Waals surface area (Å²) in [6, 6.07) is 13.2. The van der Waals surface area contributed by atoms with Crippen molar-refractivity contribution in [1.82, 2.24) is 20.0 Å². The molecule has 3 N–H and O–H groups in total. The molecule has 29 heavy (non-hydrogen) atoms. The Hall–Kier alpha value is -2.84. The van der Waals surface area contributed by atoms with Crippen LogP contribution in [0.1, 0.15) is 15.9 Å². The maximum absolute atomic E-state index is 13.2. The van der Waals surface area contributed by atoms with E-state index in [1.807, 2.05) is 36.5 Å². The van der Waals surface area contributed by atoms with Crippen molar-refractivity contribution in [3.63, 3.8) is 0 Å². The van der Waals surface area contributed by atoms with Gasteiger partial charge in [-0.2, -0.15) is 5.10 Å². The van der Waals surface area contributed by atoms with E-state index in [-0.39, 0.29) is 13.1 Å². The molecular formula is C21H23F2N5O. The Morgan fingerprint density at radius 1 is 1.14 bits per heavy atom. The first kappa shape index (κ1) is 19.5. The second kappa shape index (κ2) is 8.26. The molecule has 1 fully saturated rings. The van der Waals surface area contributed by atoms with Crippen molar-refractivity contribution >= 4 is 16.8 Å². The number of primary amides is 1. The zero-order valence-corrected chi connectivity index (χ0v) is 15.9. The van der Waals surface area contributed by atoms with Crippen LogP contribution in [-0.4, -0.2) is 59.1 Å². The summed E-state index contributed by atoms with van der Waals surface area (Å²) in [5.74, 6) is -0.500. The second-order valence-corrected chi connectivity index (χ2v) is 7.32. The van der Waals surface area contributed by atoms with Crippen LogP contribution in [0.25, 0.3) is 16.6 Å². The normalized spacial score (nSPS) is 19.8. The average Bonchev–Trinajstić information content (AvgIpc) is 3.28. The smallest absolute Gasteiger partial charge is 0.250 e. The zero-order chi connectivity index (χ0) is 20.4. The molecule has 0 aliphatic carbocycles. The molecule has 1 aliphatic rings. The molecule has 152 valence electrons. The maximum atomic E-state index is 13.2. The number of hydrogen-bond donors (Lipinski definition) is 2. The van der Waals surface area contributed by atoms with Gasteiger partial charge in [-0.05, 0) is 23.8 Å². The molecule has 0 radical (unpaired) electrons. The molecule has 0 spiro atoms. The Kier molecular flexibility index (Phi) is 5.55. The third-order valence-corrected chi connectivity index (χ3v) is 5.19. The number of halogens is 2. The fraction of sp³-hybridized carbons (Fsp3) is 0.333. The van der Waals surface area contributed by atoms with E-state index in [0.717, 1.165) is 16.6 Å². The van der Waals surface area contributed by atoms with E-state index >= 15 is 0 Å². The average molecular weight is 399 g/mol. The summed E-state index contributed by atoms with van der Waals surface area (Å²) in [4.78, 5) is 13.4. The van der Waals surface area contributed by atoms with Gasteiger partial charge in [0.2, 0.25) is 0 Å². The van der Waals surface area contributed by atoms with Gasteiger partial charge in [-0.15, -0.1) is 0 Å². The van der Waals surface area contributed by atoms with Gasteiger partial charge in [0, 0.05) is 44.3 Å². The molecular weight excluding hydrogens is 376 g/mol. The number of rotatable bonds is 7. The van der Waals surface area contributed by atoms with E-state index in [0.29, 0.717) is 30.7 Å². The first-order chi connectivity index (χ1) is 14.0. The van der Waals surface area contributed by atoms with Crippen LogP contribution in [0.4, 0.5) is 8.78 Å². The highest BCUT2D eigenvalue weighted by Gasteiger charge is 2.32. The molecule has 8 heteroatoms. The zero-order valence-electron chi connectivity index (χ0n) is 15.9. The largest absolute Gasteiger partial charge is 0.366 e. The van der Waals surface area contributed by atoms with E-state index in [1.54, 1.807) is 21.7 Å². The second-order valence-electron chi connectivity index (χ2n) is 7.32. The van der Waals surface area contributed by atoms with Crippen molar-refractivity contribution in [2.75, 3.05) is 26.2 Å². The Balaban J connectivity index is 1.35. The molecule has 2 unspecified atom stereocenters. The topological polar surface area (TPSA) is 76.2 Å². The van der Waals surface area contributed by atoms with Gasteiger partial charge in [0.25, 0.3) is 5.91 Å². The number of hydrogen-bond acceptors (Lipinski definition) is 4. The van der Waals surface area contributed by atoms with Crippen LogP contribution in [0.15, 0.2) is 48.7 Å². The fourth-order valence-corrected chi connectivity index (χ4v) is 3.59. The molecule has 1 amide bonds. The highest BCUT2D eigenvalue weighted by Crippen LogP contribution is 2.20. The number of likely N-dealkylation sites (tertiary alicyclic amines) is 1. The van der Waals surface area contributed by atoms with Crippen LogP contribution in [0.3, 0.4) is 0 Å². The number of fused-ring (bicyclic) bond motifs is 1. The summed E-state index contributed by atoms with van der Waals surface area (Å²) < 4.78 is 28.1. The van der Waals surface area contributed by atoms with Gasteiger partial charge in [-0.25, -0.2) is 13.5 Å². The molecule has 1 aliphatic heterocycles. The van der Waals surface area contributed by atoms with E-state index in [1.165, 1.54) is 0 Å². The van der Waals surface area contributed by atoms with Crippen molar-refractivity contribution in [3.8, 4) is 5.69 Å². The van der Waals surface area contributed by atoms with Crippen LogP contribution in [0, 0.1) is 0 Å². The number of aromatic nitrogens is 2. The van der Waals surface area contributed by atoms with Crippen LogP contribution in [0.2, 0.25) is 0 Å². The molecule has 0 bridgehead atoms. The lowest BCUT2D eigenvalue weighted by Gasteiger charge is -2.14. The SMILES string of the molecule is NC(=O)c1cccc2cn(-c3ccc(CNCCN4CC(F)C(F)C4)cc3)nc12. The third kappa shape index (κ3) is 4.28. The number of carbonyl (C=O) groups is 1. The third-order valence-electron chi connectivity index (χ3n) is 5.19. The molecule has 1 aromatic heterocycles. The van der Waals surface area contributed by atoms with Crippen LogP contribution in [0.5, 0.6) is 0 Å². The fourth-order valence-electron chi connectivity index (χ4n) is 3.59. The van der Waals surface area contributed by atoms with E-state index < -0.39 is 18.3 Å². The lowest BCUT2D eigenvalue weighted by Crippen LogP contribution is -2.30. The number of nitrogens with two attached hydrogens (primary N) is 1. The lowest BCUT2D eigenvalue weighted by molar-refractivity contribution is 0.100. The van der Waals surface area contributed by atoms with Crippen molar-refractivity contribution in [3.05, 3.63) is 59.8 Å². The lowest BCUT2D eigenvalue weighted by atomic mass is 10.1. The van der Waals surface area contributed by atoms with E-state index in [9.17, 15) is 13.6 Å². The summed E-state index contributed by atoms with van der Waals surface area (Å²) in [6.45, 7) is 2.31. The molecule has 6 nitrogen and oxygen atoms in total. The predicted octanol–water partition coefficient (Wildman–Crippen LogP) is 2.21. The van der Waals surface area contributed by atoms with Crippen molar-refractivity contribution < 1.29 is 13.6 Å². The molecule has 2 heterocycles. The number of alkyl halides is 2. The van der Waals surface area contributed by atoms with Gasteiger partial charge in [0.15, 0.2) is 0 Å². The monoisotopic (exact) mass is 399 g/mol. The van der Waals surface area contributed by atoms with Gasteiger partial charge in [-0.3, -0.25) is 9.69 Å². The van der Waals surface area contributed by atoms with Crippen molar-refractivity contribution in [1.29, 1.82) is 0 Å². The minimum absolute atomic E-state index is 0.174. The number of nitrogens with zero attached hydrogens (tertiary/aromatic N) is 3. The minimum Gasteiger partial charge on any atom is -0.366 e. The van der Waals surface area contributed by atoms with E-state index in [4.69, 9.17) is 5.73 Å². The van der Waals surface area contributed by atoms with Crippen LogP contribution >= 0.6 is 0 Å². The van der Waals surface area contributed by atoms with Crippen molar-refractivity contribution in [2.45, 2.75) is 18.9 Å². The van der Waals surface area contributed by atoms with Gasteiger partial charge < -0.3 is 11.1 Å². The molecule has 3 aromatic rings. The highest BCUT2D eigenvalue weighted by molar-refractivity contribution is 6.04. The van der Waals surface area contributed by atoms with Crippen molar-refractivity contribution in [2.24, 2.45) is 5.73 Å². The van der Waals surface area contributed by atoms with Gasteiger partial charge in [-0.1, -0.05) is 24.3 Å². The molecule has 4 rings (SSSR count). The molecule has 2 atom stereocenters. The maximum Gasteiger partial charge on any atom is 0.250 e. The van der Waals surface area contributed by atoms with Gasteiger partial charge in [0.1, 0.15) is 17.9 Å². The number of nitrogens with one attached hydrogen (secondary N) is 1. The number of benzene rings is 2. The molecule has 0 saturated carbocycles. The summed E-state index contributed by atoms with van der Waals surface area (Å²) in [7, 11) is 0. The first-order valence-corrected chi connectivity index (χ1v) is 9.60. The number of amides is 1. The molecule has 1 saturated heterocycles. The Morgan fingerprint density at radius 3 is 2.55 bits per heavy atom. The highest BCUT2D eigenvalue weighted by atomic mass is 19.2. The quantitative estimate of drug-likeness (QED) is 0.598. The summed E-state index contributed by atoms with van der Waals surface area (Å²) in [6.07, 6.45) is -0.859. The van der Waals surface area contributed by atoms with Crippen LogP contribution in [-0.2, 0) is 6.54 Å². The van der Waals surface area contributed by atoms with Gasteiger partial charge in [0.05, 0.1) is 11.3 Å². The summed E-state index contributed by atoms with van der Waals surface area (Å²) in [5.41, 5.74) is 8.38. The summed E-state index contributed by atoms with van der Waals surface area (Å²) >= 11 is 0. The molecule has 2 aromatic carbocycles.